The van der Waals surface area contributed by atoms with E-state index < -0.39 is 0 Å². The number of hydrogen-bond donors (Lipinski definition) is 2. The van der Waals surface area contributed by atoms with Crippen molar-refractivity contribution in [3.63, 3.8) is 0 Å². The molecule has 80 valence electrons. The van der Waals surface area contributed by atoms with Crippen LogP contribution in [0, 0.1) is 0 Å². The Morgan fingerprint density at radius 1 is 1.40 bits per heavy atom. The molecule has 3 nitrogen and oxygen atoms in total. The standard InChI is InChI=1S/C12H15NO2/c1-2-3-4-8-11(13-15)10-7-5-6-9-12(10)14/h4-9,14-15H,2-3H2,1H3. The van der Waals surface area contributed by atoms with Crippen LogP contribution in [-0.4, -0.2) is 16.0 Å². The van der Waals surface area contributed by atoms with E-state index in [2.05, 4.69) is 12.1 Å². The average Bonchev–Trinajstić information content (AvgIpc) is 2.26. The van der Waals surface area contributed by atoms with Crippen molar-refractivity contribution in [1.29, 1.82) is 0 Å². The Kier molecular flexibility index (Phi) is 4.41. The number of nitrogens with zero attached hydrogens (tertiary/aromatic N) is 1. The molecule has 0 amide bonds. The number of hydrogen-bond acceptors (Lipinski definition) is 3. The summed E-state index contributed by atoms with van der Waals surface area (Å²) in [6.45, 7) is 2.07. The minimum absolute atomic E-state index is 0.117. The summed E-state index contributed by atoms with van der Waals surface area (Å²) in [7, 11) is 0. The van der Waals surface area contributed by atoms with Crippen LogP contribution >= 0.6 is 0 Å². The molecule has 0 aliphatic rings. The monoisotopic (exact) mass is 205 g/mol. The minimum atomic E-state index is 0.117. The third-order valence-electron chi connectivity index (χ3n) is 2.02. The van der Waals surface area contributed by atoms with E-state index in [-0.39, 0.29) is 5.75 Å². The van der Waals surface area contributed by atoms with Gasteiger partial charge in [0, 0.05) is 5.56 Å². The van der Waals surface area contributed by atoms with Gasteiger partial charge in [0.1, 0.15) is 11.5 Å². The third kappa shape index (κ3) is 3.13. The molecule has 0 fully saturated rings. The van der Waals surface area contributed by atoms with Gasteiger partial charge in [-0.1, -0.05) is 36.7 Å². The Morgan fingerprint density at radius 3 is 2.73 bits per heavy atom. The van der Waals surface area contributed by atoms with Gasteiger partial charge in [-0.2, -0.15) is 0 Å². The molecule has 0 aromatic heterocycles. The largest absolute Gasteiger partial charge is 0.507 e. The maximum Gasteiger partial charge on any atom is 0.125 e. The molecule has 3 heteroatoms. The first-order valence-electron chi connectivity index (χ1n) is 4.96. The number of phenolic OH excluding ortho intramolecular Hbond substituents is 1. The molecule has 2 N–H and O–H groups in total. The van der Waals surface area contributed by atoms with Crippen LogP contribution in [0.2, 0.25) is 0 Å². The first-order chi connectivity index (χ1) is 7.29. The predicted molar refractivity (Wildman–Crippen MR) is 60.5 cm³/mol. The first-order valence-corrected chi connectivity index (χ1v) is 4.96. The fourth-order valence-corrected chi connectivity index (χ4v) is 1.23. The van der Waals surface area contributed by atoms with Crippen LogP contribution in [0.25, 0.3) is 0 Å². The first kappa shape index (κ1) is 11.3. The van der Waals surface area contributed by atoms with Gasteiger partial charge >= 0.3 is 0 Å². The van der Waals surface area contributed by atoms with E-state index in [4.69, 9.17) is 5.21 Å². The van der Waals surface area contributed by atoms with E-state index in [1.807, 2.05) is 6.08 Å². The summed E-state index contributed by atoms with van der Waals surface area (Å²) < 4.78 is 0. The maximum atomic E-state index is 9.54. The molecule has 0 radical (unpaired) electrons. The highest BCUT2D eigenvalue weighted by Crippen LogP contribution is 2.17. The van der Waals surface area contributed by atoms with Gasteiger partial charge in [-0.3, -0.25) is 0 Å². The molecular weight excluding hydrogens is 190 g/mol. The maximum absolute atomic E-state index is 9.54. The molecule has 0 spiro atoms. The summed E-state index contributed by atoms with van der Waals surface area (Å²) in [6.07, 6.45) is 5.59. The highest BCUT2D eigenvalue weighted by molar-refractivity contribution is 6.10. The number of rotatable bonds is 4. The molecule has 0 saturated carbocycles. The second-order valence-electron chi connectivity index (χ2n) is 3.19. The van der Waals surface area contributed by atoms with E-state index in [0.29, 0.717) is 11.3 Å². The van der Waals surface area contributed by atoms with Crippen molar-refractivity contribution in [2.45, 2.75) is 19.8 Å². The molecule has 15 heavy (non-hydrogen) atoms. The number of para-hydroxylation sites is 1. The van der Waals surface area contributed by atoms with Gasteiger partial charge in [-0.25, -0.2) is 0 Å². The number of unbranched alkanes of at least 4 members (excludes halogenated alkanes) is 1. The quantitative estimate of drug-likeness (QED) is 0.451. The van der Waals surface area contributed by atoms with E-state index in [0.717, 1.165) is 12.8 Å². The number of oxime groups is 1. The molecule has 0 bridgehead atoms. The van der Waals surface area contributed by atoms with Crippen LogP contribution < -0.4 is 0 Å². The van der Waals surface area contributed by atoms with Gasteiger partial charge in [0.25, 0.3) is 0 Å². The highest BCUT2D eigenvalue weighted by atomic mass is 16.4. The van der Waals surface area contributed by atoms with Gasteiger partial charge in [-0.15, -0.1) is 0 Å². The Hall–Kier alpha value is -1.77. The van der Waals surface area contributed by atoms with Crippen molar-refractivity contribution in [2.75, 3.05) is 0 Å². The highest BCUT2D eigenvalue weighted by Gasteiger charge is 2.04. The van der Waals surface area contributed by atoms with E-state index in [1.54, 1.807) is 30.3 Å². The molecule has 0 aliphatic carbocycles. The lowest BCUT2D eigenvalue weighted by Crippen LogP contribution is -1.96. The minimum Gasteiger partial charge on any atom is -0.507 e. The number of benzene rings is 1. The normalized spacial score (nSPS) is 12.2. The lowest BCUT2D eigenvalue weighted by Gasteiger charge is -2.01. The summed E-state index contributed by atoms with van der Waals surface area (Å²) >= 11 is 0. The number of phenols is 1. The van der Waals surface area contributed by atoms with Gasteiger partial charge in [0.05, 0.1) is 0 Å². The van der Waals surface area contributed by atoms with Gasteiger partial charge in [0.15, 0.2) is 0 Å². The van der Waals surface area contributed by atoms with Crippen molar-refractivity contribution in [3.05, 3.63) is 42.0 Å². The zero-order chi connectivity index (χ0) is 11.1. The predicted octanol–water partition coefficient (Wildman–Crippen LogP) is 2.93. The molecule has 0 heterocycles. The molecular formula is C12H15NO2. The van der Waals surface area contributed by atoms with Gasteiger partial charge < -0.3 is 10.3 Å². The summed E-state index contributed by atoms with van der Waals surface area (Å²) in [4.78, 5) is 0. The molecule has 0 atom stereocenters. The van der Waals surface area contributed by atoms with Crippen molar-refractivity contribution in [1.82, 2.24) is 0 Å². The van der Waals surface area contributed by atoms with Gasteiger partial charge in [0.2, 0.25) is 0 Å². The molecule has 0 unspecified atom stereocenters. The summed E-state index contributed by atoms with van der Waals surface area (Å²) in [5, 5.41) is 21.5. The smallest absolute Gasteiger partial charge is 0.125 e. The summed E-state index contributed by atoms with van der Waals surface area (Å²) in [5.41, 5.74) is 0.911. The Bertz CT molecular complexity index is 370. The Balaban J connectivity index is 2.89. The number of allylic oxidation sites excluding steroid dienone is 2. The van der Waals surface area contributed by atoms with Crippen LogP contribution in [-0.2, 0) is 0 Å². The lowest BCUT2D eigenvalue weighted by molar-refractivity contribution is 0.319. The second kappa shape index (κ2) is 5.86. The van der Waals surface area contributed by atoms with Crippen LogP contribution in [0.1, 0.15) is 25.3 Å². The zero-order valence-electron chi connectivity index (χ0n) is 8.72. The summed E-state index contributed by atoms with van der Waals surface area (Å²) in [5.74, 6) is 0.117. The molecule has 0 saturated heterocycles. The molecule has 1 rings (SSSR count). The van der Waals surface area contributed by atoms with Crippen LogP contribution in [0.5, 0.6) is 5.75 Å². The topological polar surface area (TPSA) is 52.8 Å². The van der Waals surface area contributed by atoms with Crippen LogP contribution in [0.15, 0.2) is 41.6 Å². The molecule has 1 aromatic carbocycles. The Morgan fingerprint density at radius 2 is 2.13 bits per heavy atom. The molecule has 1 aromatic rings. The SMILES string of the molecule is CCCC=CC(=NO)c1ccccc1O. The van der Waals surface area contributed by atoms with E-state index in [1.165, 1.54) is 0 Å². The van der Waals surface area contributed by atoms with Crippen molar-refractivity contribution < 1.29 is 10.3 Å². The molecule has 0 aliphatic heterocycles. The van der Waals surface area contributed by atoms with Crippen molar-refractivity contribution >= 4 is 5.71 Å². The van der Waals surface area contributed by atoms with E-state index in [9.17, 15) is 5.11 Å². The van der Waals surface area contributed by atoms with Crippen LogP contribution in [0.3, 0.4) is 0 Å². The van der Waals surface area contributed by atoms with Crippen molar-refractivity contribution in [3.8, 4) is 5.75 Å². The fraction of sp³-hybridized carbons (Fsp3) is 0.250. The number of aromatic hydroxyl groups is 1. The van der Waals surface area contributed by atoms with E-state index >= 15 is 0 Å². The average molecular weight is 205 g/mol. The third-order valence-corrected chi connectivity index (χ3v) is 2.02. The van der Waals surface area contributed by atoms with Gasteiger partial charge in [-0.05, 0) is 24.6 Å². The lowest BCUT2D eigenvalue weighted by atomic mass is 10.1. The second-order valence-corrected chi connectivity index (χ2v) is 3.19. The zero-order valence-corrected chi connectivity index (χ0v) is 8.72. The van der Waals surface area contributed by atoms with Crippen molar-refractivity contribution in [2.24, 2.45) is 5.16 Å². The fourth-order valence-electron chi connectivity index (χ4n) is 1.23. The summed E-state index contributed by atoms with van der Waals surface area (Å²) in [6, 6.07) is 6.78. The van der Waals surface area contributed by atoms with Crippen LogP contribution in [0.4, 0.5) is 0 Å². The Labute approximate surface area is 89.4 Å².